The van der Waals surface area contributed by atoms with E-state index in [0.717, 1.165) is 11.2 Å². The smallest absolute Gasteiger partial charge is 0.0715 e. The Morgan fingerprint density at radius 2 is 1.39 bits per heavy atom. The van der Waals surface area contributed by atoms with E-state index >= 15 is 0 Å². The predicted molar refractivity (Wildman–Crippen MR) is 119 cm³/mol. The van der Waals surface area contributed by atoms with Crippen molar-refractivity contribution in [1.82, 2.24) is 4.98 Å². The van der Waals surface area contributed by atoms with Crippen molar-refractivity contribution in [3.8, 4) is 11.3 Å². The normalized spacial score (nSPS) is 13.9. The van der Waals surface area contributed by atoms with Crippen LogP contribution in [0.2, 0.25) is 0 Å². The van der Waals surface area contributed by atoms with Gasteiger partial charge in [-0.05, 0) is 70.5 Å². The molecule has 0 atom stereocenters. The number of benzene rings is 4. The second kappa shape index (κ2) is 6.17. The first-order valence-corrected chi connectivity index (χ1v) is 10.2. The van der Waals surface area contributed by atoms with Gasteiger partial charge in [-0.15, -0.1) is 0 Å². The van der Waals surface area contributed by atoms with Gasteiger partial charge in [0, 0.05) is 10.9 Å². The van der Waals surface area contributed by atoms with Crippen LogP contribution in [-0.4, -0.2) is 4.98 Å². The molecule has 0 aliphatic heterocycles. The van der Waals surface area contributed by atoms with E-state index < -0.39 is 0 Å². The summed E-state index contributed by atoms with van der Waals surface area (Å²) in [4.78, 5) is 4.95. The Bertz CT molecular complexity index is 1360. The standard InChI is InChI=1S/C27H21N/c1-3-8-20-18(6-1)12-14-23-21-9-5-10-25(24(21)16-15-22(20)23)27-17-13-19-7-2-4-11-26(19)28-27/h2,4-5,7,9-17H,1,3,6,8H2. The third-order valence-electron chi connectivity index (χ3n) is 6.26. The molecule has 0 N–H and O–H groups in total. The fraction of sp³-hybridized carbons (Fsp3) is 0.148. The minimum Gasteiger partial charge on any atom is -0.248 e. The number of nitrogens with zero attached hydrogens (tertiary/aromatic N) is 1. The minimum absolute atomic E-state index is 1.04. The van der Waals surface area contributed by atoms with Crippen LogP contribution in [0.4, 0.5) is 0 Å². The number of hydrogen-bond donors (Lipinski definition) is 0. The summed E-state index contributed by atoms with van der Waals surface area (Å²) in [5.74, 6) is 0. The molecule has 28 heavy (non-hydrogen) atoms. The van der Waals surface area contributed by atoms with Gasteiger partial charge in [0.15, 0.2) is 0 Å². The van der Waals surface area contributed by atoms with E-state index in [0.29, 0.717) is 0 Å². The van der Waals surface area contributed by atoms with Crippen molar-refractivity contribution in [2.24, 2.45) is 0 Å². The maximum Gasteiger partial charge on any atom is 0.0715 e. The van der Waals surface area contributed by atoms with Gasteiger partial charge >= 0.3 is 0 Å². The van der Waals surface area contributed by atoms with E-state index in [1.54, 1.807) is 11.1 Å². The van der Waals surface area contributed by atoms with Gasteiger partial charge in [-0.3, -0.25) is 0 Å². The van der Waals surface area contributed by atoms with Crippen molar-refractivity contribution in [1.29, 1.82) is 0 Å². The molecule has 0 radical (unpaired) electrons. The van der Waals surface area contributed by atoms with Crippen LogP contribution in [0.5, 0.6) is 0 Å². The van der Waals surface area contributed by atoms with Crippen LogP contribution in [0.15, 0.2) is 78.9 Å². The van der Waals surface area contributed by atoms with Crippen LogP contribution in [0, 0.1) is 0 Å². The van der Waals surface area contributed by atoms with Crippen LogP contribution in [0.1, 0.15) is 24.0 Å². The summed E-state index contributed by atoms with van der Waals surface area (Å²) in [6.07, 6.45) is 5.07. The molecule has 0 unspecified atom stereocenters. The Kier molecular flexibility index (Phi) is 3.49. The van der Waals surface area contributed by atoms with Gasteiger partial charge in [0.05, 0.1) is 11.2 Å². The molecule has 1 aliphatic rings. The number of aromatic nitrogens is 1. The lowest BCUT2D eigenvalue weighted by Gasteiger charge is -2.19. The SMILES string of the molecule is c1ccc2nc(-c3cccc4c3ccc3c5c(ccc34)CCCC5)ccc2c1. The maximum atomic E-state index is 4.95. The third-order valence-corrected chi connectivity index (χ3v) is 6.26. The molecule has 6 rings (SSSR count). The van der Waals surface area contributed by atoms with E-state index in [2.05, 4.69) is 78.9 Å². The lowest BCUT2D eigenvalue weighted by Crippen LogP contribution is -2.03. The van der Waals surface area contributed by atoms with Gasteiger partial charge in [0.25, 0.3) is 0 Å². The highest BCUT2D eigenvalue weighted by atomic mass is 14.7. The molecule has 0 saturated carbocycles. The third kappa shape index (κ3) is 2.36. The monoisotopic (exact) mass is 359 g/mol. The average molecular weight is 359 g/mol. The molecule has 0 spiro atoms. The molecule has 1 aliphatic carbocycles. The number of aryl methyl sites for hydroxylation is 2. The van der Waals surface area contributed by atoms with Crippen molar-refractivity contribution >= 4 is 32.4 Å². The maximum absolute atomic E-state index is 4.95. The van der Waals surface area contributed by atoms with Crippen LogP contribution in [-0.2, 0) is 12.8 Å². The second-order valence-corrected chi connectivity index (χ2v) is 7.86. The largest absolute Gasteiger partial charge is 0.248 e. The van der Waals surface area contributed by atoms with Crippen molar-refractivity contribution in [2.45, 2.75) is 25.7 Å². The molecule has 4 aromatic carbocycles. The van der Waals surface area contributed by atoms with Gasteiger partial charge in [0.1, 0.15) is 0 Å². The van der Waals surface area contributed by atoms with E-state index in [4.69, 9.17) is 4.98 Å². The first-order valence-electron chi connectivity index (χ1n) is 10.2. The Morgan fingerprint density at radius 3 is 2.39 bits per heavy atom. The van der Waals surface area contributed by atoms with Gasteiger partial charge in [-0.2, -0.15) is 0 Å². The van der Waals surface area contributed by atoms with Crippen LogP contribution in [0.25, 0.3) is 43.7 Å². The van der Waals surface area contributed by atoms with Gasteiger partial charge in [-0.25, -0.2) is 4.98 Å². The van der Waals surface area contributed by atoms with Crippen molar-refractivity contribution in [2.75, 3.05) is 0 Å². The topological polar surface area (TPSA) is 12.9 Å². The molecular weight excluding hydrogens is 338 g/mol. The quantitative estimate of drug-likeness (QED) is 0.291. The number of pyridine rings is 1. The lowest BCUT2D eigenvalue weighted by atomic mass is 9.86. The van der Waals surface area contributed by atoms with E-state index in [9.17, 15) is 0 Å². The highest BCUT2D eigenvalue weighted by molar-refractivity contribution is 6.13. The van der Waals surface area contributed by atoms with Crippen molar-refractivity contribution < 1.29 is 0 Å². The zero-order valence-corrected chi connectivity index (χ0v) is 15.8. The molecule has 134 valence electrons. The molecule has 0 fully saturated rings. The van der Waals surface area contributed by atoms with Gasteiger partial charge in [-0.1, -0.05) is 66.7 Å². The number of para-hydroxylation sites is 1. The number of fused-ring (bicyclic) bond motifs is 6. The number of hydrogen-bond acceptors (Lipinski definition) is 1. The zero-order chi connectivity index (χ0) is 18.5. The summed E-state index contributed by atoms with van der Waals surface area (Å²) >= 11 is 0. The fourth-order valence-electron chi connectivity index (χ4n) is 4.87. The Labute approximate surface area is 164 Å². The fourth-order valence-corrected chi connectivity index (χ4v) is 4.87. The first-order chi connectivity index (χ1) is 13.9. The summed E-state index contributed by atoms with van der Waals surface area (Å²) in [6.45, 7) is 0. The first kappa shape index (κ1) is 15.8. The highest BCUT2D eigenvalue weighted by Gasteiger charge is 2.15. The Balaban J connectivity index is 1.62. The van der Waals surface area contributed by atoms with E-state index in [1.165, 1.54) is 58.2 Å². The molecular formula is C27H21N. The molecule has 0 amide bonds. The minimum atomic E-state index is 1.04. The molecule has 1 heterocycles. The lowest BCUT2D eigenvalue weighted by molar-refractivity contribution is 0.690. The van der Waals surface area contributed by atoms with Crippen molar-refractivity contribution in [3.63, 3.8) is 0 Å². The van der Waals surface area contributed by atoms with Crippen LogP contribution >= 0.6 is 0 Å². The summed E-state index contributed by atoms with van der Waals surface area (Å²) in [5.41, 5.74) is 6.42. The van der Waals surface area contributed by atoms with Crippen LogP contribution in [0.3, 0.4) is 0 Å². The summed E-state index contributed by atoms with van der Waals surface area (Å²) < 4.78 is 0. The summed E-state index contributed by atoms with van der Waals surface area (Å²) in [5, 5.41) is 6.62. The molecule has 1 aromatic heterocycles. The van der Waals surface area contributed by atoms with Crippen LogP contribution < -0.4 is 0 Å². The average Bonchev–Trinajstić information content (AvgIpc) is 2.78. The van der Waals surface area contributed by atoms with E-state index in [1.807, 2.05) is 0 Å². The van der Waals surface area contributed by atoms with Crippen molar-refractivity contribution in [3.05, 3.63) is 90.0 Å². The second-order valence-electron chi connectivity index (χ2n) is 7.86. The Hall–Kier alpha value is -3.19. The van der Waals surface area contributed by atoms with Gasteiger partial charge < -0.3 is 0 Å². The van der Waals surface area contributed by atoms with Gasteiger partial charge in [0.2, 0.25) is 0 Å². The summed E-state index contributed by atoms with van der Waals surface area (Å²) in [6, 6.07) is 28.6. The molecule has 1 nitrogen and oxygen atoms in total. The molecule has 0 saturated heterocycles. The number of rotatable bonds is 1. The Morgan fingerprint density at radius 1 is 0.571 bits per heavy atom. The summed E-state index contributed by atoms with van der Waals surface area (Å²) in [7, 11) is 0. The predicted octanol–water partition coefficient (Wildman–Crippen LogP) is 7.09. The van der Waals surface area contributed by atoms with E-state index in [-0.39, 0.29) is 0 Å². The molecule has 0 bridgehead atoms. The molecule has 5 aromatic rings. The highest BCUT2D eigenvalue weighted by Crippen LogP contribution is 2.36. The zero-order valence-electron chi connectivity index (χ0n) is 15.8. The molecule has 1 heteroatoms.